The molecule has 0 radical (unpaired) electrons. The average Bonchev–Trinajstić information content (AvgIpc) is 2.04. The van der Waals surface area contributed by atoms with E-state index in [1.807, 2.05) is 0 Å². The van der Waals surface area contributed by atoms with Crippen LogP contribution in [-0.2, 0) is 0 Å². The molecule has 0 unspecified atom stereocenters. The van der Waals surface area contributed by atoms with Crippen molar-refractivity contribution in [3.8, 4) is 0 Å². The maximum Gasteiger partial charge on any atom is 1.00 e. The van der Waals surface area contributed by atoms with Crippen LogP contribution in [0.4, 0.5) is 0 Å². The Morgan fingerprint density at radius 3 is 1.25 bits per heavy atom. The molecule has 8 heteroatoms. The summed E-state index contributed by atoms with van der Waals surface area (Å²) < 4.78 is 0. The number of carbonyl (C=O) groups excluding carboxylic acids is 2. The number of benzene rings is 1. The van der Waals surface area contributed by atoms with Crippen molar-refractivity contribution in [1.82, 2.24) is 0 Å². The molecule has 1 aromatic carbocycles. The summed E-state index contributed by atoms with van der Waals surface area (Å²) >= 11 is 0. The molecule has 0 heterocycles. The van der Waals surface area contributed by atoms with Crippen LogP contribution in [0.1, 0.15) is 20.7 Å². The van der Waals surface area contributed by atoms with Crippen LogP contribution in [0.3, 0.4) is 0 Å². The van der Waals surface area contributed by atoms with Crippen LogP contribution < -0.4 is 113 Å². The van der Waals surface area contributed by atoms with E-state index >= 15 is 0 Å². The van der Waals surface area contributed by atoms with Gasteiger partial charge in [-0.1, -0.05) is 24.3 Å². The number of carboxylic acids is 2. The first-order valence-electron chi connectivity index (χ1n) is 3.14. The van der Waals surface area contributed by atoms with Crippen LogP contribution in [0.2, 0.25) is 0 Å². The molecule has 0 aliphatic rings. The van der Waals surface area contributed by atoms with Gasteiger partial charge in [-0.05, 0) is 0 Å². The molecule has 1 aromatic rings. The van der Waals surface area contributed by atoms with Crippen LogP contribution in [0.15, 0.2) is 24.3 Å². The summed E-state index contributed by atoms with van der Waals surface area (Å²) in [5, 5.41) is 20.6. The molecule has 0 spiro atoms. The monoisotopic (exact) mass is 314 g/mol. The zero-order chi connectivity index (χ0) is 9.14. The van der Waals surface area contributed by atoms with E-state index in [2.05, 4.69) is 0 Å². The molecule has 0 N–H and O–H groups in total. The third-order valence-electron chi connectivity index (χ3n) is 1.37. The molecule has 0 saturated carbocycles. The fourth-order valence-corrected chi connectivity index (χ4v) is 0.839. The van der Waals surface area contributed by atoms with Gasteiger partial charge in [-0.25, -0.2) is 0 Å². The second-order valence-corrected chi connectivity index (χ2v) is 2.12. The van der Waals surface area contributed by atoms with E-state index in [0.29, 0.717) is 0 Å². The number of halogens is 2. The van der Waals surface area contributed by atoms with Crippen molar-refractivity contribution in [2.24, 2.45) is 0 Å². The number of hydrogen-bond donors (Lipinski definition) is 0. The molecule has 0 fully saturated rings. The van der Waals surface area contributed by atoms with Crippen LogP contribution in [-0.4, -0.2) is 11.9 Å². The maximum atomic E-state index is 10.3. The van der Waals surface area contributed by atoms with E-state index < -0.39 is 11.9 Å². The fraction of sp³-hybridized carbons (Fsp3) is 0. The molecule has 0 amide bonds. The first kappa shape index (κ1) is 26.6. The number of aromatic carboxylic acids is 2. The molecule has 16 heavy (non-hydrogen) atoms. The molecule has 0 atom stereocenters. The minimum atomic E-state index is -1.52. The Morgan fingerprint density at radius 1 is 0.812 bits per heavy atom. The van der Waals surface area contributed by atoms with Gasteiger partial charge in [-0.3, -0.25) is 0 Å². The summed E-state index contributed by atoms with van der Waals surface area (Å²) in [6.45, 7) is 0. The van der Waals surface area contributed by atoms with Crippen molar-refractivity contribution in [2.75, 3.05) is 0 Å². The van der Waals surface area contributed by atoms with E-state index in [1.54, 1.807) is 0 Å². The minimum absolute atomic E-state index is 0. The van der Waals surface area contributed by atoms with Crippen molar-refractivity contribution >= 4 is 36.8 Å². The van der Waals surface area contributed by atoms with Crippen molar-refractivity contribution < 1.29 is 123 Å². The maximum absolute atomic E-state index is 10.3. The van der Waals surface area contributed by atoms with E-state index in [9.17, 15) is 19.8 Å². The van der Waals surface area contributed by atoms with Crippen LogP contribution in [0.5, 0.6) is 0 Å². The van der Waals surface area contributed by atoms with Crippen molar-refractivity contribution in [1.29, 1.82) is 0 Å². The van der Waals surface area contributed by atoms with Gasteiger partial charge in [0.2, 0.25) is 0 Å². The Kier molecular flexibility index (Phi) is 22.3. The van der Waals surface area contributed by atoms with Crippen molar-refractivity contribution in [2.45, 2.75) is 0 Å². The number of rotatable bonds is 2. The zero-order valence-electron chi connectivity index (χ0n) is 8.76. The second-order valence-electron chi connectivity index (χ2n) is 2.12. The molecule has 78 valence electrons. The van der Waals surface area contributed by atoms with Gasteiger partial charge in [0.05, 0.1) is 11.9 Å². The fourth-order valence-electron chi connectivity index (χ4n) is 0.839. The van der Waals surface area contributed by atoms with Gasteiger partial charge in [-0.2, -0.15) is 0 Å². The van der Waals surface area contributed by atoms with E-state index in [-0.39, 0.29) is 139 Å². The SMILES string of the molecule is Cl.Cl.O=C([O-])c1ccccc1C(=O)[O-].[K+].[K+]. The van der Waals surface area contributed by atoms with Crippen LogP contribution >= 0.6 is 24.8 Å². The quantitative estimate of drug-likeness (QED) is 0.508. The topological polar surface area (TPSA) is 80.3 Å². The molecule has 0 aliphatic carbocycles. The van der Waals surface area contributed by atoms with Gasteiger partial charge in [0.15, 0.2) is 0 Å². The molecule has 4 nitrogen and oxygen atoms in total. The predicted octanol–water partition coefficient (Wildman–Crippen LogP) is -6.73. The summed E-state index contributed by atoms with van der Waals surface area (Å²) in [7, 11) is 0. The molecule has 0 aromatic heterocycles. The van der Waals surface area contributed by atoms with Gasteiger partial charge in [-0.15, -0.1) is 24.8 Å². The third-order valence-corrected chi connectivity index (χ3v) is 1.37. The molecular formula is C8H6Cl2K2O4. The van der Waals surface area contributed by atoms with E-state index in [0.717, 1.165) is 12.1 Å². The average molecular weight is 315 g/mol. The Labute approximate surface area is 190 Å². The summed E-state index contributed by atoms with van der Waals surface area (Å²) in [5.41, 5.74) is -0.727. The zero-order valence-corrected chi connectivity index (χ0v) is 16.6. The van der Waals surface area contributed by atoms with Gasteiger partial charge in [0.1, 0.15) is 0 Å². The molecule has 0 bridgehead atoms. The molecule has 0 aliphatic heterocycles. The first-order valence-corrected chi connectivity index (χ1v) is 3.14. The normalized spacial score (nSPS) is 7.00. The summed E-state index contributed by atoms with van der Waals surface area (Å²) in [6.07, 6.45) is 0. The number of carbonyl (C=O) groups is 2. The predicted molar refractivity (Wildman–Crippen MR) is 49.6 cm³/mol. The van der Waals surface area contributed by atoms with E-state index in [1.165, 1.54) is 12.1 Å². The first-order chi connectivity index (χ1) is 5.63. The minimum Gasteiger partial charge on any atom is -0.545 e. The Bertz CT molecular complexity index is 314. The molecule has 1 rings (SSSR count). The van der Waals surface area contributed by atoms with Crippen molar-refractivity contribution in [3.63, 3.8) is 0 Å². The van der Waals surface area contributed by atoms with Gasteiger partial charge in [0, 0.05) is 11.1 Å². The largest absolute Gasteiger partial charge is 1.00 e. The van der Waals surface area contributed by atoms with Crippen LogP contribution in [0.25, 0.3) is 0 Å². The standard InChI is InChI=1S/C8H6O4.2ClH.2K/c9-7(10)5-3-1-2-4-6(5)8(11)12;;;;/h1-4H,(H,9,10)(H,11,12);2*1H;;/q;;;2*+1/p-2. The summed E-state index contributed by atoms with van der Waals surface area (Å²) in [4.78, 5) is 20.6. The number of hydrogen-bond acceptors (Lipinski definition) is 4. The van der Waals surface area contributed by atoms with Crippen molar-refractivity contribution in [3.05, 3.63) is 35.4 Å². The smallest absolute Gasteiger partial charge is 0.545 e. The Morgan fingerprint density at radius 2 is 1.06 bits per heavy atom. The Balaban J connectivity index is -0.000000180. The third kappa shape index (κ3) is 8.17. The Hall–Kier alpha value is 2.01. The van der Waals surface area contributed by atoms with Gasteiger partial charge >= 0.3 is 103 Å². The molecule has 0 saturated heterocycles. The van der Waals surface area contributed by atoms with Gasteiger partial charge < -0.3 is 19.8 Å². The molecular weight excluding hydrogens is 309 g/mol. The second kappa shape index (κ2) is 13.4. The van der Waals surface area contributed by atoms with Gasteiger partial charge in [0.25, 0.3) is 0 Å². The van der Waals surface area contributed by atoms with E-state index in [4.69, 9.17) is 0 Å². The number of carboxylic acid groups (broad SMARTS) is 2. The van der Waals surface area contributed by atoms with Crippen LogP contribution in [0, 0.1) is 0 Å². The summed E-state index contributed by atoms with van der Waals surface area (Å²) in [6, 6.07) is 5.14. The summed E-state index contributed by atoms with van der Waals surface area (Å²) in [5.74, 6) is -3.04.